The quantitative estimate of drug-likeness (QED) is 0.399. The highest BCUT2D eigenvalue weighted by Gasteiger charge is 2.20. The van der Waals surface area contributed by atoms with Crippen molar-refractivity contribution >= 4 is 17.4 Å². The first-order chi connectivity index (χ1) is 7.34. The molecule has 0 saturated heterocycles. The summed E-state index contributed by atoms with van der Waals surface area (Å²) in [6.07, 6.45) is 9.46. The van der Waals surface area contributed by atoms with E-state index in [2.05, 4.69) is 0 Å². The van der Waals surface area contributed by atoms with Crippen molar-refractivity contribution in [1.29, 1.82) is 0 Å². The van der Waals surface area contributed by atoms with E-state index in [1.165, 1.54) is 19.3 Å². The van der Waals surface area contributed by atoms with Gasteiger partial charge in [-0.3, -0.25) is 4.79 Å². The smallest absolute Gasteiger partial charge is 0.161 e. The van der Waals surface area contributed by atoms with E-state index in [0.717, 1.165) is 12.8 Å². The van der Waals surface area contributed by atoms with Crippen molar-refractivity contribution < 1.29 is 9.53 Å². The lowest BCUT2D eigenvalue weighted by atomic mass is 9.86. The molecular weight excluding hydrogens is 212 g/mol. The molecule has 1 saturated carbocycles. The van der Waals surface area contributed by atoms with Gasteiger partial charge in [0.1, 0.15) is 6.61 Å². The number of carbonyl (C=O) groups is 1. The summed E-state index contributed by atoms with van der Waals surface area (Å²) in [7, 11) is 0. The first kappa shape index (κ1) is 12.7. The van der Waals surface area contributed by atoms with Gasteiger partial charge in [0.25, 0.3) is 0 Å². The van der Waals surface area contributed by atoms with E-state index >= 15 is 0 Å². The van der Waals surface area contributed by atoms with E-state index in [1.54, 1.807) is 0 Å². The van der Waals surface area contributed by atoms with Gasteiger partial charge in [0, 0.05) is 11.8 Å². The van der Waals surface area contributed by atoms with Crippen LogP contribution in [0.2, 0.25) is 0 Å². The molecule has 86 valence electrons. The first-order valence-corrected chi connectivity index (χ1v) is 6.19. The predicted molar refractivity (Wildman–Crippen MR) is 62.3 cm³/mol. The molecular formula is C12H19ClO2. The van der Waals surface area contributed by atoms with Crippen molar-refractivity contribution in [2.24, 2.45) is 5.92 Å². The third kappa shape index (κ3) is 5.33. The van der Waals surface area contributed by atoms with Gasteiger partial charge in [-0.25, -0.2) is 0 Å². The fourth-order valence-corrected chi connectivity index (χ4v) is 2.03. The van der Waals surface area contributed by atoms with Gasteiger partial charge in [-0.05, 0) is 12.8 Å². The molecule has 1 aliphatic rings. The van der Waals surface area contributed by atoms with E-state index in [0.29, 0.717) is 12.5 Å². The van der Waals surface area contributed by atoms with Crippen LogP contribution in [0.1, 0.15) is 32.1 Å². The summed E-state index contributed by atoms with van der Waals surface area (Å²) >= 11 is 5.46. The van der Waals surface area contributed by atoms with Crippen molar-refractivity contribution in [3.63, 3.8) is 0 Å². The van der Waals surface area contributed by atoms with Gasteiger partial charge >= 0.3 is 0 Å². The van der Waals surface area contributed by atoms with Gasteiger partial charge in [-0.15, -0.1) is 11.6 Å². The lowest BCUT2D eigenvalue weighted by Crippen LogP contribution is -2.22. The minimum Gasteiger partial charge on any atom is -0.370 e. The van der Waals surface area contributed by atoms with Crippen LogP contribution in [0.15, 0.2) is 12.2 Å². The highest BCUT2D eigenvalue weighted by atomic mass is 35.5. The van der Waals surface area contributed by atoms with Crippen LogP contribution in [0.5, 0.6) is 0 Å². The predicted octanol–water partition coefficient (Wildman–Crippen LogP) is 2.95. The van der Waals surface area contributed by atoms with Crippen LogP contribution in [-0.4, -0.2) is 24.9 Å². The van der Waals surface area contributed by atoms with Gasteiger partial charge < -0.3 is 4.74 Å². The maximum Gasteiger partial charge on any atom is 0.161 e. The molecule has 0 bridgehead atoms. The minimum absolute atomic E-state index is 0.260. The Kier molecular flexibility index (Phi) is 6.69. The van der Waals surface area contributed by atoms with Crippen LogP contribution in [0.3, 0.4) is 0 Å². The largest absolute Gasteiger partial charge is 0.370 e. The molecule has 2 nitrogen and oxygen atoms in total. The number of alkyl halides is 1. The van der Waals surface area contributed by atoms with Crippen molar-refractivity contribution in [3.8, 4) is 0 Å². The van der Waals surface area contributed by atoms with Gasteiger partial charge in [0.15, 0.2) is 5.78 Å². The Labute approximate surface area is 96.6 Å². The van der Waals surface area contributed by atoms with Crippen LogP contribution < -0.4 is 0 Å². The summed E-state index contributed by atoms with van der Waals surface area (Å²) in [4.78, 5) is 11.7. The zero-order valence-corrected chi connectivity index (χ0v) is 9.84. The van der Waals surface area contributed by atoms with Gasteiger partial charge in [-0.2, -0.15) is 0 Å². The van der Waals surface area contributed by atoms with Gasteiger partial charge in [0.2, 0.25) is 0 Å². The highest BCUT2D eigenvalue weighted by Crippen LogP contribution is 2.24. The Morgan fingerprint density at radius 1 is 1.27 bits per heavy atom. The number of hydrogen-bond acceptors (Lipinski definition) is 2. The lowest BCUT2D eigenvalue weighted by molar-refractivity contribution is -0.128. The SMILES string of the molecule is O=C(COC/C=C/CCl)C1CCCCC1. The van der Waals surface area contributed by atoms with Crippen molar-refractivity contribution in [2.75, 3.05) is 19.1 Å². The summed E-state index contributed by atoms with van der Waals surface area (Å²) in [5, 5.41) is 0. The van der Waals surface area contributed by atoms with E-state index in [-0.39, 0.29) is 18.3 Å². The van der Waals surface area contributed by atoms with E-state index < -0.39 is 0 Å². The third-order valence-electron chi connectivity index (χ3n) is 2.77. The molecule has 0 radical (unpaired) electrons. The topological polar surface area (TPSA) is 26.3 Å². The molecule has 0 N–H and O–H groups in total. The monoisotopic (exact) mass is 230 g/mol. The maximum atomic E-state index is 11.7. The number of Topliss-reactive ketones (excluding diaryl/α,β-unsaturated/α-hetero) is 1. The number of rotatable bonds is 6. The Balaban J connectivity index is 2.09. The molecule has 3 heteroatoms. The van der Waals surface area contributed by atoms with Crippen molar-refractivity contribution in [2.45, 2.75) is 32.1 Å². The minimum atomic E-state index is 0.260. The molecule has 0 heterocycles. The zero-order valence-electron chi connectivity index (χ0n) is 9.08. The Hall–Kier alpha value is -0.340. The molecule has 15 heavy (non-hydrogen) atoms. The first-order valence-electron chi connectivity index (χ1n) is 5.66. The normalized spacial score (nSPS) is 18.5. The third-order valence-corrected chi connectivity index (χ3v) is 2.95. The molecule has 0 unspecified atom stereocenters. The average molecular weight is 231 g/mol. The molecule has 1 fully saturated rings. The molecule has 0 aromatic heterocycles. The number of ether oxygens (including phenoxy) is 1. The summed E-state index contributed by atoms with van der Waals surface area (Å²) in [6, 6.07) is 0. The fourth-order valence-electron chi connectivity index (χ4n) is 1.90. The van der Waals surface area contributed by atoms with Crippen molar-refractivity contribution in [3.05, 3.63) is 12.2 Å². The van der Waals surface area contributed by atoms with E-state index in [1.807, 2.05) is 12.2 Å². The zero-order chi connectivity index (χ0) is 10.9. The summed E-state index contributed by atoms with van der Waals surface area (Å²) in [5.74, 6) is 1.03. The molecule has 0 amide bonds. The van der Waals surface area contributed by atoms with E-state index in [4.69, 9.17) is 16.3 Å². The maximum absolute atomic E-state index is 11.7. The van der Waals surface area contributed by atoms with Gasteiger partial charge in [0.05, 0.1) is 6.61 Å². The second-order valence-electron chi connectivity index (χ2n) is 3.94. The molecule has 1 aliphatic carbocycles. The Bertz CT molecular complexity index is 208. The van der Waals surface area contributed by atoms with Crippen LogP contribution in [-0.2, 0) is 9.53 Å². The number of ketones is 1. The van der Waals surface area contributed by atoms with Crippen LogP contribution >= 0.6 is 11.6 Å². The number of hydrogen-bond donors (Lipinski definition) is 0. The highest BCUT2D eigenvalue weighted by molar-refractivity contribution is 6.18. The Morgan fingerprint density at radius 2 is 2.00 bits per heavy atom. The van der Waals surface area contributed by atoms with Crippen LogP contribution in [0.25, 0.3) is 0 Å². The van der Waals surface area contributed by atoms with E-state index in [9.17, 15) is 4.79 Å². The summed E-state index contributed by atoms with van der Waals surface area (Å²) < 4.78 is 5.26. The average Bonchev–Trinajstić information content (AvgIpc) is 2.30. The number of halogens is 1. The molecule has 0 atom stereocenters. The number of carbonyl (C=O) groups excluding carboxylic acids is 1. The molecule has 0 aromatic rings. The number of allylic oxidation sites excluding steroid dienone is 1. The molecule has 0 spiro atoms. The van der Waals surface area contributed by atoms with Crippen LogP contribution in [0, 0.1) is 5.92 Å². The van der Waals surface area contributed by atoms with Gasteiger partial charge in [-0.1, -0.05) is 31.4 Å². The molecule has 0 aromatic carbocycles. The second kappa shape index (κ2) is 7.89. The molecule has 0 aliphatic heterocycles. The summed E-state index contributed by atoms with van der Waals surface area (Å²) in [6.45, 7) is 0.752. The second-order valence-corrected chi connectivity index (χ2v) is 4.25. The van der Waals surface area contributed by atoms with Crippen molar-refractivity contribution in [1.82, 2.24) is 0 Å². The summed E-state index contributed by atoms with van der Waals surface area (Å²) in [5.41, 5.74) is 0. The standard InChI is InChI=1S/C12H19ClO2/c13-8-4-5-9-15-10-12(14)11-6-2-1-3-7-11/h4-5,11H,1-3,6-10H2/b5-4+. The lowest BCUT2D eigenvalue weighted by Gasteiger charge is -2.19. The molecule has 1 rings (SSSR count). The fraction of sp³-hybridized carbons (Fsp3) is 0.750. The van der Waals surface area contributed by atoms with Crippen LogP contribution in [0.4, 0.5) is 0 Å². The Morgan fingerprint density at radius 3 is 2.67 bits per heavy atom.